The van der Waals surface area contributed by atoms with Crippen LogP contribution < -0.4 is 5.32 Å². The third-order valence-electron chi connectivity index (χ3n) is 4.50. The van der Waals surface area contributed by atoms with Crippen LogP contribution in [0.1, 0.15) is 37.1 Å². The molecule has 1 unspecified atom stereocenters. The van der Waals surface area contributed by atoms with Crippen molar-refractivity contribution in [1.82, 2.24) is 9.88 Å². The zero-order valence-electron chi connectivity index (χ0n) is 15.2. The van der Waals surface area contributed by atoms with Crippen molar-refractivity contribution in [2.24, 2.45) is 5.92 Å². The molecule has 2 heterocycles. The molecule has 0 radical (unpaired) electrons. The van der Waals surface area contributed by atoms with E-state index in [4.69, 9.17) is 23.2 Å². The molecule has 2 amide bonds. The van der Waals surface area contributed by atoms with Gasteiger partial charge in [0.05, 0.1) is 0 Å². The first-order valence-electron chi connectivity index (χ1n) is 8.84. The molecule has 5 nitrogen and oxygen atoms in total. The molecule has 2 aromatic rings. The highest BCUT2D eigenvalue weighted by atomic mass is 35.5. The molecule has 1 atom stereocenters. The number of rotatable bonds is 6. The number of likely N-dealkylation sites (tertiary alicyclic amines) is 1. The number of carbonyl (C=O) groups excluding carboxylic acids is 2. The van der Waals surface area contributed by atoms with E-state index < -0.39 is 6.04 Å². The van der Waals surface area contributed by atoms with Crippen molar-refractivity contribution >= 4 is 51.5 Å². The number of thiazole rings is 1. The molecule has 0 bridgehead atoms. The number of benzene rings is 1. The lowest BCUT2D eigenvalue weighted by Crippen LogP contribution is -2.47. The summed E-state index contributed by atoms with van der Waals surface area (Å²) < 4.78 is 0. The maximum Gasteiger partial charge on any atom is 0.249 e. The van der Waals surface area contributed by atoms with Crippen LogP contribution in [0.4, 0.5) is 5.13 Å². The van der Waals surface area contributed by atoms with Gasteiger partial charge in [-0.05, 0) is 36.1 Å². The molecule has 1 aromatic carbocycles. The molecule has 0 spiro atoms. The van der Waals surface area contributed by atoms with Gasteiger partial charge in [-0.3, -0.25) is 9.59 Å². The maximum absolute atomic E-state index is 12.8. The first kappa shape index (κ1) is 20.1. The molecule has 1 fully saturated rings. The highest BCUT2D eigenvalue weighted by Crippen LogP contribution is 2.28. The standard InChI is InChI=1S/C19H21Cl2N3O2S/c1-11(2)17(24-7-3-4-16(24)25)18(26)23-19-22-10-14(27-19)9-12-8-13(20)5-6-15(12)21/h5-6,8,10-11,17H,3-4,7,9H2,1-2H3,(H,22,23,26). The minimum absolute atomic E-state index is 0.0248. The second kappa shape index (κ2) is 8.59. The van der Waals surface area contributed by atoms with Crippen LogP contribution in [0, 0.1) is 5.92 Å². The Balaban J connectivity index is 1.70. The largest absolute Gasteiger partial charge is 0.330 e. The van der Waals surface area contributed by atoms with Crippen molar-refractivity contribution in [2.45, 2.75) is 39.2 Å². The van der Waals surface area contributed by atoms with Crippen LogP contribution >= 0.6 is 34.5 Å². The van der Waals surface area contributed by atoms with Crippen molar-refractivity contribution in [3.05, 3.63) is 44.9 Å². The lowest BCUT2D eigenvalue weighted by molar-refractivity contribution is -0.136. The highest BCUT2D eigenvalue weighted by Gasteiger charge is 2.35. The second-order valence-corrected chi connectivity index (χ2v) is 8.87. The molecule has 0 aliphatic carbocycles. The monoisotopic (exact) mass is 425 g/mol. The van der Waals surface area contributed by atoms with E-state index in [1.54, 1.807) is 23.2 Å². The zero-order valence-corrected chi connectivity index (χ0v) is 17.5. The fraction of sp³-hybridized carbons (Fsp3) is 0.421. The molecule has 1 aromatic heterocycles. The number of anilines is 1. The smallest absolute Gasteiger partial charge is 0.249 e. The number of nitrogens with one attached hydrogen (secondary N) is 1. The van der Waals surface area contributed by atoms with Gasteiger partial charge in [-0.15, -0.1) is 11.3 Å². The summed E-state index contributed by atoms with van der Waals surface area (Å²) in [6.07, 6.45) is 3.63. The lowest BCUT2D eigenvalue weighted by Gasteiger charge is -2.29. The van der Waals surface area contributed by atoms with E-state index in [1.807, 2.05) is 19.9 Å². The van der Waals surface area contributed by atoms with Gasteiger partial charge in [-0.1, -0.05) is 37.0 Å². The predicted molar refractivity (Wildman–Crippen MR) is 110 cm³/mol. The van der Waals surface area contributed by atoms with Crippen molar-refractivity contribution < 1.29 is 9.59 Å². The minimum atomic E-state index is -0.477. The molecule has 8 heteroatoms. The average Bonchev–Trinajstić information content (AvgIpc) is 3.20. The lowest BCUT2D eigenvalue weighted by atomic mass is 10.0. The first-order valence-corrected chi connectivity index (χ1v) is 10.4. The van der Waals surface area contributed by atoms with Crippen LogP contribution in [0.2, 0.25) is 10.0 Å². The summed E-state index contributed by atoms with van der Waals surface area (Å²) in [5, 5.41) is 4.66. The van der Waals surface area contributed by atoms with E-state index in [-0.39, 0.29) is 17.7 Å². The van der Waals surface area contributed by atoms with E-state index in [1.165, 1.54) is 11.3 Å². The number of hydrogen-bond donors (Lipinski definition) is 1. The average molecular weight is 426 g/mol. The Labute approximate surface area is 172 Å². The van der Waals surface area contributed by atoms with Gasteiger partial charge in [-0.25, -0.2) is 4.98 Å². The van der Waals surface area contributed by atoms with Crippen LogP contribution in [0.3, 0.4) is 0 Å². The predicted octanol–water partition coefficient (Wildman–Crippen LogP) is 4.63. The van der Waals surface area contributed by atoms with Crippen LogP contribution in [-0.2, 0) is 16.0 Å². The van der Waals surface area contributed by atoms with Crippen LogP contribution in [-0.4, -0.2) is 34.3 Å². The van der Waals surface area contributed by atoms with Gasteiger partial charge >= 0.3 is 0 Å². The van der Waals surface area contributed by atoms with E-state index in [0.717, 1.165) is 16.9 Å². The number of halogens is 2. The van der Waals surface area contributed by atoms with Gasteiger partial charge < -0.3 is 10.2 Å². The van der Waals surface area contributed by atoms with Gasteiger partial charge in [-0.2, -0.15) is 0 Å². The number of carbonyl (C=O) groups is 2. The Hall–Kier alpha value is -1.63. The fourth-order valence-corrected chi connectivity index (χ4v) is 4.48. The van der Waals surface area contributed by atoms with Gasteiger partial charge in [0.2, 0.25) is 11.8 Å². The SMILES string of the molecule is CC(C)C(C(=O)Nc1ncc(Cc2cc(Cl)ccc2Cl)s1)N1CCCC1=O. The molecule has 1 aliphatic heterocycles. The molecular formula is C19H21Cl2N3O2S. The Bertz CT molecular complexity index is 853. The summed E-state index contributed by atoms with van der Waals surface area (Å²) in [7, 11) is 0. The van der Waals surface area contributed by atoms with Gasteiger partial charge in [0.25, 0.3) is 0 Å². The molecule has 27 heavy (non-hydrogen) atoms. The van der Waals surface area contributed by atoms with Crippen LogP contribution in [0.5, 0.6) is 0 Å². The number of aromatic nitrogens is 1. The topological polar surface area (TPSA) is 62.3 Å². The van der Waals surface area contributed by atoms with E-state index in [2.05, 4.69) is 10.3 Å². The van der Waals surface area contributed by atoms with E-state index in [9.17, 15) is 9.59 Å². The summed E-state index contributed by atoms with van der Waals surface area (Å²) in [5.74, 6) is -0.127. The fourth-order valence-electron chi connectivity index (χ4n) is 3.26. The van der Waals surface area contributed by atoms with Crippen LogP contribution in [0.25, 0.3) is 0 Å². The van der Waals surface area contributed by atoms with Crippen molar-refractivity contribution in [3.63, 3.8) is 0 Å². The summed E-state index contributed by atoms with van der Waals surface area (Å²) in [6, 6.07) is 4.87. The van der Waals surface area contributed by atoms with E-state index in [0.29, 0.717) is 34.6 Å². The Morgan fingerprint density at radius 2 is 2.15 bits per heavy atom. The molecule has 144 valence electrons. The Morgan fingerprint density at radius 3 is 2.81 bits per heavy atom. The highest BCUT2D eigenvalue weighted by molar-refractivity contribution is 7.15. The van der Waals surface area contributed by atoms with Crippen LogP contribution in [0.15, 0.2) is 24.4 Å². The quantitative estimate of drug-likeness (QED) is 0.733. The summed E-state index contributed by atoms with van der Waals surface area (Å²) in [5.41, 5.74) is 0.911. The van der Waals surface area contributed by atoms with E-state index >= 15 is 0 Å². The summed E-state index contributed by atoms with van der Waals surface area (Å²) in [6.45, 7) is 4.53. The Morgan fingerprint density at radius 1 is 1.37 bits per heavy atom. The molecule has 1 N–H and O–H groups in total. The minimum Gasteiger partial charge on any atom is -0.330 e. The second-order valence-electron chi connectivity index (χ2n) is 6.91. The van der Waals surface area contributed by atoms with Crippen molar-refractivity contribution in [3.8, 4) is 0 Å². The normalized spacial score (nSPS) is 15.4. The van der Waals surface area contributed by atoms with Gasteiger partial charge in [0.1, 0.15) is 6.04 Å². The molecule has 0 saturated carbocycles. The molecule has 1 aliphatic rings. The maximum atomic E-state index is 12.8. The number of amides is 2. The summed E-state index contributed by atoms with van der Waals surface area (Å²) >= 11 is 13.6. The number of nitrogens with zero attached hydrogens (tertiary/aromatic N) is 2. The molecule has 3 rings (SSSR count). The van der Waals surface area contributed by atoms with Gasteiger partial charge in [0.15, 0.2) is 5.13 Å². The van der Waals surface area contributed by atoms with Crippen molar-refractivity contribution in [1.29, 1.82) is 0 Å². The molecule has 1 saturated heterocycles. The number of hydrogen-bond acceptors (Lipinski definition) is 4. The third-order valence-corrected chi connectivity index (χ3v) is 6.02. The first-order chi connectivity index (χ1) is 12.8. The zero-order chi connectivity index (χ0) is 19.6. The summed E-state index contributed by atoms with van der Waals surface area (Å²) in [4.78, 5) is 31.8. The molecular weight excluding hydrogens is 405 g/mol. The van der Waals surface area contributed by atoms with Gasteiger partial charge in [0, 0.05) is 40.5 Å². The van der Waals surface area contributed by atoms with Crippen molar-refractivity contribution in [2.75, 3.05) is 11.9 Å². The third kappa shape index (κ3) is 4.81. The Kier molecular flexibility index (Phi) is 6.40.